The lowest BCUT2D eigenvalue weighted by Crippen LogP contribution is -2.20. The van der Waals surface area contributed by atoms with Gasteiger partial charge in [-0.05, 0) is 55.0 Å². The largest absolute Gasteiger partial charge is 0.483 e. The second-order valence-corrected chi connectivity index (χ2v) is 5.62. The lowest BCUT2D eigenvalue weighted by atomic mass is 10.2. The molecule has 0 aromatic heterocycles. The summed E-state index contributed by atoms with van der Waals surface area (Å²) in [4.78, 5) is 13.9. The molecule has 1 N–H and O–H groups in total. The number of benzene rings is 2. The van der Waals surface area contributed by atoms with Crippen molar-refractivity contribution in [1.29, 1.82) is 0 Å². The van der Waals surface area contributed by atoms with Crippen LogP contribution in [0.25, 0.3) is 0 Å². The highest BCUT2D eigenvalue weighted by Crippen LogP contribution is 2.22. The quantitative estimate of drug-likeness (QED) is 0.913. The number of amides is 1. The van der Waals surface area contributed by atoms with E-state index in [1.165, 1.54) is 0 Å². The highest BCUT2D eigenvalue weighted by Gasteiger charge is 2.06. The Bertz CT molecular complexity index is 654. The van der Waals surface area contributed by atoms with Crippen LogP contribution in [0.1, 0.15) is 5.56 Å². The minimum absolute atomic E-state index is 0.0437. The van der Waals surface area contributed by atoms with Gasteiger partial charge < -0.3 is 15.0 Å². The number of halogens is 1. The Labute approximate surface area is 135 Å². The van der Waals surface area contributed by atoms with E-state index in [1.54, 1.807) is 18.2 Å². The Balaban J connectivity index is 1.90. The Kier molecular flexibility index (Phi) is 5.28. The summed E-state index contributed by atoms with van der Waals surface area (Å²) in [5, 5.41) is 3.45. The van der Waals surface area contributed by atoms with Crippen molar-refractivity contribution in [2.24, 2.45) is 0 Å². The fourth-order valence-electron chi connectivity index (χ4n) is 1.96. The first-order chi connectivity index (χ1) is 10.5. The Morgan fingerprint density at radius 1 is 1.18 bits per heavy atom. The summed E-state index contributed by atoms with van der Waals surface area (Å²) in [5.41, 5.74) is 2.72. The molecule has 0 heterocycles. The Morgan fingerprint density at radius 3 is 2.45 bits per heavy atom. The molecule has 2 aromatic carbocycles. The van der Waals surface area contributed by atoms with E-state index in [4.69, 9.17) is 16.3 Å². The van der Waals surface area contributed by atoms with Crippen LogP contribution in [0.3, 0.4) is 0 Å². The number of hydrogen-bond acceptors (Lipinski definition) is 3. The van der Waals surface area contributed by atoms with Crippen LogP contribution in [0.4, 0.5) is 11.4 Å². The third-order valence-electron chi connectivity index (χ3n) is 3.16. The topological polar surface area (TPSA) is 41.6 Å². The summed E-state index contributed by atoms with van der Waals surface area (Å²) in [6, 6.07) is 12.9. The average molecular weight is 319 g/mol. The molecule has 0 aliphatic rings. The van der Waals surface area contributed by atoms with Crippen LogP contribution >= 0.6 is 11.6 Å². The van der Waals surface area contributed by atoms with Crippen LogP contribution in [0.15, 0.2) is 42.5 Å². The molecule has 0 aliphatic heterocycles. The van der Waals surface area contributed by atoms with Gasteiger partial charge in [-0.15, -0.1) is 0 Å². The number of nitrogens with one attached hydrogen (secondary N) is 1. The zero-order valence-electron chi connectivity index (χ0n) is 12.9. The minimum atomic E-state index is -0.202. The molecule has 1 amide bonds. The number of ether oxygens (including phenoxy) is 1. The third kappa shape index (κ3) is 4.40. The molecule has 0 radical (unpaired) electrons. The van der Waals surface area contributed by atoms with Gasteiger partial charge in [0, 0.05) is 30.5 Å². The van der Waals surface area contributed by atoms with E-state index in [2.05, 4.69) is 5.32 Å². The number of carbonyl (C=O) groups excluding carboxylic acids is 1. The maximum atomic E-state index is 11.9. The van der Waals surface area contributed by atoms with Crippen molar-refractivity contribution in [3.63, 3.8) is 0 Å². The van der Waals surface area contributed by atoms with Crippen LogP contribution in [0, 0.1) is 6.92 Å². The molecule has 0 saturated heterocycles. The second-order valence-electron chi connectivity index (χ2n) is 5.19. The van der Waals surface area contributed by atoms with E-state index < -0.39 is 0 Å². The smallest absolute Gasteiger partial charge is 0.262 e. The zero-order valence-corrected chi connectivity index (χ0v) is 13.6. The highest BCUT2D eigenvalue weighted by molar-refractivity contribution is 6.30. The molecule has 2 rings (SSSR count). The number of aryl methyl sites for hydroxylation is 1. The Morgan fingerprint density at radius 2 is 1.86 bits per heavy atom. The van der Waals surface area contributed by atoms with Gasteiger partial charge in [-0.3, -0.25) is 4.79 Å². The standard InChI is InChI=1S/C17H19ClN2O2/c1-12-10-13(18)4-9-16(12)22-11-17(21)19-14-5-7-15(8-6-14)20(2)3/h4-10H,11H2,1-3H3,(H,19,21). The van der Waals surface area contributed by atoms with Gasteiger partial charge in [0.2, 0.25) is 0 Å². The maximum absolute atomic E-state index is 11.9. The minimum Gasteiger partial charge on any atom is -0.483 e. The number of carbonyl (C=O) groups is 1. The van der Waals surface area contributed by atoms with Crippen LogP contribution in [0.2, 0.25) is 5.02 Å². The van der Waals surface area contributed by atoms with Crippen molar-refractivity contribution in [2.45, 2.75) is 6.92 Å². The average Bonchev–Trinajstić information content (AvgIpc) is 2.47. The monoisotopic (exact) mass is 318 g/mol. The molecule has 0 bridgehead atoms. The number of anilines is 2. The summed E-state index contributed by atoms with van der Waals surface area (Å²) in [5.74, 6) is 0.453. The van der Waals surface area contributed by atoms with Crippen LogP contribution < -0.4 is 15.0 Å². The van der Waals surface area contributed by atoms with Gasteiger partial charge in [0.25, 0.3) is 5.91 Å². The summed E-state index contributed by atoms with van der Waals surface area (Å²) >= 11 is 5.88. The number of nitrogens with zero attached hydrogens (tertiary/aromatic N) is 1. The van der Waals surface area contributed by atoms with Gasteiger partial charge in [0.15, 0.2) is 6.61 Å². The zero-order chi connectivity index (χ0) is 16.1. The molecular weight excluding hydrogens is 300 g/mol. The molecule has 0 spiro atoms. The van der Waals surface area contributed by atoms with Gasteiger partial charge in [-0.2, -0.15) is 0 Å². The molecular formula is C17H19ClN2O2. The predicted molar refractivity (Wildman–Crippen MR) is 91.1 cm³/mol. The van der Waals surface area contributed by atoms with Crippen molar-refractivity contribution in [3.05, 3.63) is 53.1 Å². The fraction of sp³-hybridized carbons (Fsp3) is 0.235. The first-order valence-corrected chi connectivity index (χ1v) is 7.29. The summed E-state index contributed by atoms with van der Waals surface area (Å²) in [6.07, 6.45) is 0. The van der Waals surface area contributed by atoms with E-state index in [-0.39, 0.29) is 12.5 Å². The molecule has 2 aromatic rings. The maximum Gasteiger partial charge on any atom is 0.262 e. The molecule has 4 nitrogen and oxygen atoms in total. The molecule has 0 atom stereocenters. The lowest BCUT2D eigenvalue weighted by Gasteiger charge is -2.13. The first kappa shape index (κ1) is 16.2. The number of rotatable bonds is 5. The van der Waals surface area contributed by atoms with Crippen molar-refractivity contribution >= 4 is 28.9 Å². The molecule has 0 unspecified atom stereocenters. The fourth-order valence-corrected chi connectivity index (χ4v) is 2.18. The summed E-state index contributed by atoms with van der Waals surface area (Å²) in [6.45, 7) is 1.84. The van der Waals surface area contributed by atoms with E-state index in [1.807, 2.05) is 50.2 Å². The van der Waals surface area contributed by atoms with Crippen molar-refractivity contribution in [3.8, 4) is 5.75 Å². The SMILES string of the molecule is Cc1cc(Cl)ccc1OCC(=O)Nc1ccc(N(C)C)cc1. The summed E-state index contributed by atoms with van der Waals surface area (Å²) in [7, 11) is 3.94. The molecule has 22 heavy (non-hydrogen) atoms. The third-order valence-corrected chi connectivity index (χ3v) is 3.40. The van der Waals surface area contributed by atoms with Gasteiger partial charge in [-0.1, -0.05) is 11.6 Å². The normalized spacial score (nSPS) is 10.2. The molecule has 0 fully saturated rings. The van der Waals surface area contributed by atoms with E-state index in [0.29, 0.717) is 10.8 Å². The second kappa shape index (κ2) is 7.18. The van der Waals surface area contributed by atoms with E-state index >= 15 is 0 Å². The van der Waals surface area contributed by atoms with Gasteiger partial charge in [0.1, 0.15) is 5.75 Å². The first-order valence-electron chi connectivity index (χ1n) is 6.92. The number of hydrogen-bond donors (Lipinski definition) is 1. The molecule has 0 saturated carbocycles. The van der Waals surface area contributed by atoms with Crippen molar-refractivity contribution < 1.29 is 9.53 Å². The molecule has 116 valence electrons. The Hall–Kier alpha value is -2.20. The van der Waals surface area contributed by atoms with Crippen molar-refractivity contribution in [1.82, 2.24) is 0 Å². The summed E-state index contributed by atoms with van der Waals surface area (Å²) < 4.78 is 5.51. The molecule has 5 heteroatoms. The van der Waals surface area contributed by atoms with Gasteiger partial charge in [0.05, 0.1) is 0 Å². The highest BCUT2D eigenvalue weighted by atomic mass is 35.5. The lowest BCUT2D eigenvalue weighted by molar-refractivity contribution is -0.118. The van der Waals surface area contributed by atoms with Crippen LogP contribution in [-0.4, -0.2) is 26.6 Å². The van der Waals surface area contributed by atoms with E-state index in [9.17, 15) is 4.79 Å². The van der Waals surface area contributed by atoms with Crippen molar-refractivity contribution in [2.75, 3.05) is 30.9 Å². The predicted octanol–water partition coefficient (Wildman–Crippen LogP) is 3.73. The van der Waals surface area contributed by atoms with Gasteiger partial charge in [-0.25, -0.2) is 0 Å². The van der Waals surface area contributed by atoms with E-state index in [0.717, 1.165) is 16.9 Å². The van der Waals surface area contributed by atoms with Gasteiger partial charge >= 0.3 is 0 Å². The van der Waals surface area contributed by atoms with Crippen LogP contribution in [0.5, 0.6) is 5.75 Å². The van der Waals surface area contributed by atoms with Crippen LogP contribution in [-0.2, 0) is 4.79 Å². The molecule has 0 aliphatic carbocycles.